The topological polar surface area (TPSA) is 45.1 Å². The van der Waals surface area contributed by atoms with Crippen LogP contribution in [-0.4, -0.2) is 22.2 Å². The lowest BCUT2D eigenvalue weighted by Gasteiger charge is -2.30. The number of nitrogens with zero attached hydrogens (tertiary/aromatic N) is 1. The van der Waals surface area contributed by atoms with Crippen molar-refractivity contribution in [3.8, 4) is 0 Å². The first-order chi connectivity index (χ1) is 11.0. The Kier molecular flexibility index (Phi) is 4.79. The molecular formula is C20H26N2O. The van der Waals surface area contributed by atoms with E-state index in [4.69, 9.17) is 0 Å². The van der Waals surface area contributed by atoms with Gasteiger partial charge in [-0.05, 0) is 62.3 Å². The van der Waals surface area contributed by atoms with Gasteiger partial charge in [0.15, 0.2) is 0 Å². The number of aliphatic hydroxyl groups excluding tert-OH is 1. The maximum absolute atomic E-state index is 10.3. The normalized spacial score (nSPS) is 16.3. The van der Waals surface area contributed by atoms with Crippen molar-refractivity contribution in [1.82, 2.24) is 10.3 Å². The highest BCUT2D eigenvalue weighted by atomic mass is 16.3. The minimum atomic E-state index is -0.559. The van der Waals surface area contributed by atoms with Gasteiger partial charge in [-0.15, -0.1) is 0 Å². The van der Waals surface area contributed by atoms with Crippen molar-refractivity contribution in [3.63, 3.8) is 0 Å². The summed E-state index contributed by atoms with van der Waals surface area (Å²) >= 11 is 0. The van der Waals surface area contributed by atoms with Crippen LogP contribution in [0.2, 0.25) is 0 Å². The van der Waals surface area contributed by atoms with E-state index in [1.807, 2.05) is 18.2 Å². The summed E-state index contributed by atoms with van der Waals surface area (Å²) in [5.41, 5.74) is 3.73. The van der Waals surface area contributed by atoms with Gasteiger partial charge in [-0.1, -0.05) is 30.3 Å². The first-order valence-corrected chi connectivity index (χ1v) is 8.44. The zero-order valence-electron chi connectivity index (χ0n) is 14.0. The van der Waals surface area contributed by atoms with Crippen molar-refractivity contribution in [2.45, 2.75) is 44.8 Å². The standard InChI is InChI=1S/C20H26N2O/c1-20(2,22-14-19(23)18-9-5-6-10-21-18)13-15-11-16-7-3-4-8-17(16)12-15/h3-10,15,19,22-23H,11-14H2,1-2H3. The average molecular weight is 310 g/mol. The molecule has 3 nitrogen and oxygen atoms in total. The fraction of sp³-hybridized carbons (Fsp3) is 0.450. The molecule has 3 heteroatoms. The van der Waals surface area contributed by atoms with Gasteiger partial charge in [0.1, 0.15) is 6.10 Å². The SMILES string of the molecule is CC(C)(CC1Cc2ccccc2C1)NCC(O)c1ccccn1. The van der Waals surface area contributed by atoms with Crippen molar-refractivity contribution in [3.05, 3.63) is 65.5 Å². The molecule has 0 saturated heterocycles. The maximum Gasteiger partial charge on any atom is 0.108 e. The third kappa shape index (κ3) is 4.18. The second-order valence-electron chi connectivity index (χ2n) is 7.28. The number of aromatic nitrogens is 1. The van der Waals surface area contributed by atoms with Crippen molar-refractivity contribution in [2.75, 3.05) is 6.54 Å². The molecule has 1 atom stereocenters. The molecule has 1 aliphatic carbocycles. The number of β-amino-alcohol motifs (C(OH)–C–C–N with tert-alkyl or cyclic N) is 1. The van der Waals surface area contributed by atoms with E-state index in [9.17, 15) is 5.11 Å². The van der Waals surface area contributed by atoms with Crippen LogP contribution in [0.4, 0.5) is 0 Å². The highest BCUT2D eigenvalue weighted by molar-refractivity contribution is 5.32. The Balaban J connectivity index is 1.52. The number of benzene rings is 1. The van der Waals surface area contributed by atoms with Crippen LogP contribution in [0.3, 0.4) is 0 Å². The Morgan fingerprint density at radius 1 is 1.13 bits per heavy atom. The summed E-state index contributed by atoms with van der Waals surface area (Å²) in [7, 11) is 0. The second-order valence-corrected chi connectivity index (χ2v) is 7.28. The highest BCUT2D eigenvalue weighted by Gasteiger charge is 2.28. The average Bonchev–Trinajstić information content (AvgIpc) is 2.95. The second kappa shape index (κ2) is 6.81. The van der Waals surface area contributed by atoms with Crippen LogP contribution in [0.1, 0.15) is 43.2 Å². The molecule has 0 saturated carbocycles. The van der Waals surface area contributed by atoms with Gasteiger partial charge < -0.3 is 10.4 Å². The van der Waals surface area contributed by atoms with Gasteiger partial charge in [0, 0.05) is 18.3 Å². The first-order valence-electron chi connectivity index (χ1n) is 8.44. The lowest BCUT2D eigenvalue weighted by atomic mass is 9.88. The predicted molar refractivity (Wildman–Crippen MR) is 93.2 cm³/mol. The van der Waals surface area contributed by atoms with Crippen molar-refractivity contribution >= 4 is 0 Å². The van der Waals surface area contributed by atoms with Gasteiger partial charge in [0.2, 0.25) is 0 Å². The van der Waals surface area contributed by atoms with Gasteiger partial charge in [-0.2, -0.15) is 0 Å². The minimum Gasteiger partial charge on any atom is -0.385 e. The lowest BCUT2D eigenvalue weighted by molar-refractivity contribution is 0.151. The summed E-state index contributed by atoms with van der Waals surface area (Å²) in [6.07, 6.45) is 4.61. The molecular weight excluding hydrogens is 284 g/mol. The molecule has 3 rings (SSSR count). The zero-order valence-corrected chi connectivity index (χ0v) is 14.0. The molecule has 0 bridgehead atoms. The number of nitrogens with one attached hydrogen (secondary N) is 1. The third-order valence-electron chi connectivity index (χ3n) is 4.74. The van der Waals surface area contributed by atoms with Crippen LogP contribution in [0.5, 0.6) is 0 Å². The zero-order chi connectivity index (χ0) is 16.3. The van der Waals surface area contributed by atoms with Crippen LogP contribution >= 0.6 is 0 Å². The molecule has 1 heterocycles. The van der Waals surface area contributed by atoms with E-state index in [0.29, 0.717) is 12.5 Å². The predicted octanol–water partition coefficient (Wildman–Crippen LogP) is 3.29. The third-order valence-corrected chi connectivity index (χ3v) is 4.74. The first kappa shape index (κ1) is 16.2. The van der Waals surface area contributed by atoms with Gasteiger partial charge in [0.05, 0.1) is 5.69 Å². The molecule has 0 aliphatic heterocycles. The van der Waals surface area contributed by atoms with Crippen molar-refractivity contribution < 1.29 is 5.11 Å². The summed E-state index contributed by atoms with van der Waals surface area (Å²) in [6, 6.07) is 14.4. The van der Waals surface area contributed by atoms with E-state index < -0.39 is 6.10 Å². The van der Waals surface area contributed by atoms with Crippen molar-refractivity contribution in [1.29, 1.82) is 0 Å². The van der Waals surface area contributed by atoms with Crippen molar-refractivity contribution in [2.24, 2.45) is 5.92 Å². The lowest BCUT2D eigenvalue weighted by Crippen LogP contribution is -2.43. The van der Waals surface area contributed by atoms with Crippen LogP contribution in [0.25, 0.3) is 0 Å². The van der Waals surface area contributed by atoms with Crippen LogP contribution < -0.4 is 5.32 Å². The quantitative estimate of drug-likeness (QED) is 0.860. The Morgan fingerprint density at radius 2 is 1.78 bits per heavy atom. The van der Waals surface area contributed by atoms with E-state index in [0.717, 1.165) is 12.1 Å². The Bertz CT molecular complexity index is 614. The van der Waals surface area contributed by atoms with E-state index in [1.165, 1.54) is 24.0 Å². The molecule has 1 unspecified atom stereocenters. The largest absolute Gasteiger partial charge is 0.385 e. The van der Waals surface area contributed by atoms with E-state index in [1.54, 1.807) is 6.20 Å². The van der Waals surface area contributed by atoms with Gasteiger partial charge >= 0.3 is 0 Å². The number of pyridine rings is 1. The molecule has 0 spiro atoms. The van der Waals surface area contributed by atoms with E-state index in [-0.39, 0.29) is 5.54 Å². The number of hydrogen-bond acceptors (Lipinski definition) is 3. The molecule has 0 radical (unpaired) electrons. The molecule has 2 N–H and O–H groups in total. The van der Waals surface area contributed by atoms with Crippen LogP contribution in [0, 0.1) is 5.92 Å². The summed E-state index contributed by atoms with van der Waals surface area (Å²) in [4.78, 5) is 4.22. The van der Waals surface area contributed by atoms with Gasteiger partial charge in [0.25, 0.3) is 0 Å². The minimum absolute atomic E-state index is 0.00245. The molecule has 2 aromatic rings. The molecule has 122 valence electrons. The number of fused-ring (bicyclic) bond motifs is 1. The fourth-order valence-electron chi connectivity index (χ4n) is 3.64. The smallest absolute Gasteiger partial charge is 0.108 e. The Hall–Kier alpha value is -1.71. The van der Waals surface area contributed by atoms with Gasteiger partial charge in [-0.25, -0.2) is 0 Å². The Labute approximate surface area is 138 Å². The highest BCUT2D eigenvalue weighted by Crippen LogP contribution is 2.32. The molecule has 1 aromatic heterocycles. The monoisotopic (exact) mass is 310 g/mol. The summed E-state index contributed by atoms with van der Waals surface area (Å²) < 4.78 is 0. The molecule has 0 fully saturated rings. The summed E-state index contributed by atoms with van der Waals surface area (Å²) in [5, 5.41) is 13.8. The maximum atomic E-state index is 10.3. The summed E-state index contributed by atoms with van der Waals surface area (Å²) in [6.45, 7) is 4.98. The van der Waals surface area contributed by atoms with E-state index >= 15 is 0 Å². The Morgan fingerprint density at radius 3 is 2.39 bits per heavy atom. The molecule has 1 aliphatic rings. The molecule has 23 heavy (non-hydrogen) atoms. The van der Waals surface area contributed by atoms with Crippen LogP contribution in [0.15, 0.2) is 48.7 Å². The molecule has 0 amide bonds. The number of hydrogen-bond donors (Lipinski definition) is 2. The number of rotatable bonds is 6. The summed E-state index contributed by atoms with van der Waals surface area (Å²) in [5.74, 6) is 0.682. The van der Waals surface area contributed by atoms with Gasteiger partial charge in [-0.3, -0.25) is 4.98 Å². The fourth-order valence-corrected chi connectivity index (χ4v) is 3.64. The van der Waals surface area contributed by atoms with Crippen LogP contribution in [-0.2, 0) is 12.8 Å². The number of aliphatic hydroxyl groups is 1. The molecule has 1 aromatic carbocycles. The van der Waals surface area contributed by atoms with E-state index in [2.05, 4.69) is 48.4 Å².